The number of benzene rings is 2. The Bertz CT molecular complexity index is 1050. The van der Waals surface area contributed by atoms with E-state index in [1.54, 1.807) is 31.2 Å². The molecule has 5 nitrogen and oxygen atoms in total. The lowest BCUT2D eigenvalue weighted by Gasteiger charge is -2.38. The van der Waals surface area contributed by atoms with Crippen LogP contribution >= 0.6 is 0 Å². The molecule has 1 atom stereocenters. The van der Waals surface area contributed by atoms with Gasteiger partial charge in [0.25, 0.3) is 0 Å². The largest absolute Gasteiger partial charge is 0.352 e. The zero-order chi connectivity index (χ0) is 22.9. The number of carbonyl (C=O) groups is 1. The molecule has 7 heteroatoms. The van der Waals surface area contributed by atoms with Crippen molar-refractivity contribution in [2.24, 2.45) is 5.41 Å². The van der Waals surface area contributed by atoms with Gasteiger partial charge in [0.1, 0.15) is 5.82 Å². The van der Waals surface area contributed by atoms with Crippen molar-refractivity contribution in [2.45, 2.75) is 57.4 Å². The molecule has 1 saturated heterocycles. The van der Waals surface area contributed by atoms with Crippen LogP contribution in [0, 0.1) is 11.2 Å². The Balaban J connectivity index is 1.72. The van der Waals surface area contributed by atoms with Crippen LogP contribution in [0.2, 0.25) is 0 Å². The molecule has 2 aromatic rings. The second-order valence-corrected chi connectivity index (χ2v) is 11.5. The van der Waals surface area contributed by atoms with Gasteiger partial charge in [-0.1, -0.05) is 45.0 Å². The van der Waals surface area contributed by atoms with Gasteiger partial charge in [-0.05, 0) is 60.6 Å². The van der Waals surface area contributed by atoms with Gasteiger partial charge in [0, 0.05) is 19.6 Å². The van der Waals surface area contributed by atoms with E-state index in [0.29, 0.717) is 24.9 Å². The molecule has 0 aliphatic carbocycles. The lowest BCUT2D eigenvalue weighted by molar-refractivity contribution is -0.132. The molecule has 0 bridgehead atoms. The first-order valence-corrected chi connectivity index (χ1v) is 12.0. The third kappa shape index (κ3) is 5.33. The Labute approximate surface area is 184 Å². The van der Waals surface area contributed by atoms with E-state index in [4.69, 9.17) is 0 Å². The Morgan fingerprint density at radius 3 is 2.45 bits per heavy atom. The standard InChI is InChI=1S/C24H31FN2O3S/c1-23(2,3)19-9-11-21(12-10-19)31(29,30)27-14-6-13-24(4,17-27)22(28)26-16-18-7-5-8-20(25)15-18/h5,7-12,15H,6,13-14,16-17H2,1-4H3,(H,26,28). The zero-order valence-corrected chi connectivity index (χ0v) is 19.4. The van der Waals surface area contributed by atoms with Gasteiger partial charge in [0.05, 0.1) is 10.3 Å². The molecule has 0 spiro atoms. The quantitative estimate of drug-likeness (QED) is 0.747. The van der Waals surface area contributed by atoms with Crippen LogP contribution in [0.1, 0.15) is 51.7 Å². The summed E-state index contributed by atoms with van der Waals surface area (Å²) in [6, 6.07) is 13.1. The third-order valence-electron chi connectivity index (χ3n) is 5.91. The van der Waals surface area contributed by atoms with Crippen LogP contribution < -0.4 is 5.32 Å². The number of amides is 1. The van der Waals surface area contributed by atoms with Crippen LogP contribution in [0.3, 0.4) is 0 Å². The van der Waals surface area contributed by atoms with Crippen molar-refractivity contribution in [2.75, 3.05) is 13.1 Å². The molecule has 3 rings (SSSR count). The summed E-state index contributed by atoms with van der Waals surface area (Å²) in [6.45, 7) is 8.73. The highest BCUT2D eigenvalue weighted by atomic mass is 32.2. The van der Waals surface area contributed by atoms with Gasteiger partial charge in [-0.2, -0.15) is 4.31 Å². The number of hydrogen-bond donors (Lipinski definition) is 1. The van der Waals surface area contributed by atoms with E-state index in [-0.39, 0.29) is 35.1 Å². The first-order chi connectivity index (χ1) is 14.4. The highest BCUT2D eigenvalue weighted by Gasteiger charge is 2.41. The molecule has 0 aromatic heterocycles. The number of sulfonamides is 1. The van der Waals surface area contributed by atoms with Gasteiger partial charge in [0.15, 0.2) is 0 Å². The van der Waals surface area contributed by atoms with Gasteiger partial charge in [-0.15, -0.1) is 0 Å². The van der Waals surface area contributed by atoms with E-state index in [0.717, 1.165) is 5.56 Å². The van der Waals surface area contributed by atoms with Crippen molar-refractivity contribution in [3.05, 3.63) is 65.5 Å². The SMILES string of the molecule is CC1(C(=O)NCc2cccc(F)c2)CCCN(S(=O)(=O)c2ccc(C(C)(C)C)cc2)C1. The average Bonchev–Trinajstić information content (AvgIpc) is 2.71. The first kappa shape index (κ1) is 23.4. The van der Waals surface area contributed by atoms with Crippen LogP contribution in [0.4, 0.5) is 4.39 Å². The van der Waals surface area contributed by atoms with E-state index in [1.165, 1.54) is 16.4 Å². The lowest BCUT2D eigenvalue weighted by Crippen LogP contribution is -2.51. The number of nitrogens with zero attached hydrogens (tertiary/aromatic N) is 1. The maximum atomic E-state index is 13.4. The lowest BCUT2D eigenvalue weighted by atomic mass is 9.82. The number of hydrogen-bond acceptors (Lipinski definition) is 3. The fourth-order valence-electron chi connectivity index (χ4n) is 3.90. The van der Waals surface area contributed by atoms with E-state index in [2.05, 4.69) is 26.1 Å². The second-order valence-electron chi connectivity index (χ2n) is 9.59. The van der Waals surface area contributed by atoms with Crippen LogP contribution in [0.5, 0.6) is 0 Å². The molecule has 0 radical (unpaired) electrons. The summed E-state index contributed by atoms with van der Waals surface area (Å²) in [6.07, 6.45) is 1.19. The Hall–Kier alpha value is -2.25. The van der Waals surface area contributed by atoms with Crippen molar-refractivity contribution in [1.82, 2.24) is 9.62 Å². The first-order valence-electron chi connectivity index (χ1n) is 10.6. The molecule has 1 heterocycles. The maximum absolute atomic E-state index is 13.4. The summed E-state index contributed by atoms with van der Waals surface area (Å²) in [5, 5.41) is 2.85. The third-order valence-corrected chi connectivity index (χ3v) is 7.77. The minimum atomic E-state index is -3.70. The van der Waals surface area contributed by atoms with Crippen molar-refractivity contribution < 1.29 is 17.6 Å². The topological polar surface area (TPSA) is 66.5 Å². The summed E-state index contributed by atoms with van der Waals surface area (Å²) in [5.41, 5.74) is 0.818. The number of nitrogens with one attached hydrogen (secondary N) is 1. The van der Waals surface area contributed by atoms with E-state index < -0.39 is 15.4 Å². The smallest absolute Gasteiger partial charge is 0.243 e. The second kappa shape index (κ2) is 8.71. The number of carbonyl (C=O) groups excluding carboxylic acids is 1. The molecule has 1 N–H and O–H groups in total. The molecule has 1 aliphatic rings. The van der Waals surface area contributed by atoms with Crippen molar-refractivity contribution >= 4 is 15.9 Å². The van der Waals surface area contributed by atoms with Gasteiger partial charge in [-0.3, -0.25) is 4.79 Å². The molecule has 168 valence electrons. The molecular weight excluding hydrogens is 415 g/mol. The normalized spacial score (nSPS) is 20.4. The molecule has 1 amide bonds. The Morgan fingerprint density at radius 1 is 1.16 bits per heavy atom. The monoisotopic (exact) mass is 446 g/mol. The molecule has 2 aromatic carbocycles. The predicted molar refractivity (Wildman–Crippen MR) is 119 cm³/mol. The van der Waals surface area contributed by atoms with Gasteiger partial charge in [0.2, 0.25) is 15.9 Å². The van der Waals surface area contributed by atoms with Gasteiger partial charge < -0.3 is 5.32 Å². The van der Waals surface area contributed by atoms with E-state index in [9.17, 15) is 17.6 Å². The zero-order valence-electron chi connectivity index (χ0n) is 18.6. The summed E-state index contributed by atoms with van der Waals surface area (Å²) in [5.74, 6) is -0.579. The fourth-order valence-corrected chi connectivity index (χ4v) is 5.50. The number of rotatable bonds is 5. The molecule has 1 aliphatic heterocycles. The molecule has 0 saturated carbocycles. The summed E-state index contributed by atoms with van der Waals surface area (Å²) in [7, 11) is -3.70. The van der Waals surface area contributed by atoms with Crippen LogP contribution in [-0.4, -0.2) is 31.7 Å². The Morgan fingerprint density at radius 2 is 1.84 bits per heavy atom. The summed E-state index contributed by atoms with van der Waals surface area (Å²) >= 11 is 0. The van der Waals surface area contributed by atoms with Crippen molar-refractivity contribution in [3.8, 4) is 0 Å². The van der Waals surface area contributed by atoms with Gasteiger partial charge in [-0.25, -0.2) is 12.8 Å². The molecule has 31 heavy (non-hydrogen) atoms. The number of piperidine rings is 1. The fraction of sp³-hybridized carbons (Fsp3) is 0.458. The minimum Gasteiger partial charge on any atom is -0.352 e. The maximum Gasteiger partial charge on any atom is 0.243 e. The highest BCUT2D eigenvalue weighted by Crippen LogP contribution is 2.33. The molecule has 1 fully saturated rings. The van der Waals surface area contributed by atoms with Crippen molar-refractivity contribution in [1.29, 1.82) is 0 Å². The minimum absolute atomic E-state index is 0.0637. The van der Waals surface area contributed by atoms with Gasteiger partial charge >= 0.3 is 0 Å². The summed E-state index contributed by atoms with van der Waals surface area (Å²) < 4.78 is 41.2. The van der Waals surface area contributed by atoms with E-state index >= 15 is 0 Å². The predicted octanol–water partition coefficient (Wildman–Crippen LogP) is 4.23. The molecule has 1 unspecified atom stereocenters. The van der Waals surface area contributed by atoms with Crippen molar-refractivity contribution in [3.63, 3.8) is 0 Å². The summed E-state index contributed by atoms with van der Waals surface area (Å²) in [4.78, 5) is 13.2. The highest BCUT2D eigenvalue weighted by molar-refractivity contribution is 7.89. The van der Waals surface area contributed by atoms with Crippen LogP contribution in [0.25, 0.3) is 0 Å². The van der Waals surface area contributed by atoms with Crippen LogP contribution in [0.15, 0.2) is 53.4 Å². The Kier molecular flexibility index (Phi) is 6.58. The average molecular weight is 447 g/mol. The van der Waals surface area contributed by atoms with Crippen LogP contribution in [-0.2, 0) is 26.8 Å². The molecular formula is C24H31FN2O3S. The van der Waals surface area contributed by atoms with E-state index in [1.807, 2.05) is 12.1 Å². The number of halogens is 1.